The van der Waals surface area contributed by atoms with Crippen LogP contribution in [0.3, 0.4) is 0 Å². The highest BCUT2D eigenvalue weighted by Gasteiger charge is 2.21. The molecule has 0 aliphatic rings. The Labute approximate surface area is 263 Å². The zero-order valence-corrected chi connectivity index (χ0v) is 25.0. The fourth-order valence-electron chi connectivity index (χ4n) is 7.19. The average molecular weight is 592 g/mol. The predicted octanol–water partition coefficient (Wildman–Crippen LogP) is 12.4. The Kier molecular flexibility index (Phi) is 5.19. The average Bonchev–Trinajstić information content (AvgIpc) is 3.77. The van der Waals surface area contributed by atoms with Crippen molar-refractivity contribution in [3.63, 3.8) is 0 Å². The van der Waals surface area contributed by atoms with Gasteiger partial charge in [0.05, 0.1) is 10.9 Å². The summed E-state index contributed by atoms with van der Waals surface area (Å²) in [6.45, 7) is 0. The molecule has 7 aromatic carbocycles. The van der Waals surface area contributed by atoms with Gasteiger partial charge in [-0.05, 0) is 81.6 Å². The molecule has 0 saturated carbocycles. The quantitative estimate of drug-likeness (QED) is 0.200. The molecule has 3 heterocycles. The first-order valence-corrected chi connectivity index (χ1v) is 16.1. The topological polar surface area (TPSA) is 18.1 Å². The van der Waals surface area contributed by atoms with E-state index in [9.17, 15) is 0 Å². The van der Waals surface area contributed by atoms with Gasteiger partial charge >= 0.3 is 0 Å². The van der Waals surface area contributed by atoms with Crippen LogP contribution in [-0.4, -0.2) is 4.57 Å². The Morgan fingerprint density at radius 2 is 1.27 bits per heavy atom. The number of nitrogens with zero attached hydrogens (tertiary/aromatic N) is 1. The fourth-order valence-corrected chi connectivity index (χ4v) is 8.35. The minimum atomic E-state index is 0.900. The minimum Gasteiger partial charge on any atom is -0.454 e. The molecule has 10 rings (SSSR count). The summed E-state index contributed by atoms with van der Waals surface area (Å²) in [5, 5.41) is 7.55. The molecule has 3 aromatic heterocycles. The standard InChI is InChI=1S/C42H25NOS/c1-2-13-30(14-3-1)43-35-18-7-6-16-33(35)42-41(43)40-32(17-9-19-36(40)44-42)29-12-8-11-27(24-29)28-20-22-34-38(25-28)45-37-23-21-26-10-4-5-15-31(26)39(34)37/h1-25H. The van der Waals surface area contributed by atoms with E-state index in [1.807, 2.05) is 11.3 Å². The molecule has 3 heteroatoms. The molecule has 2 nitrogen and oxygen atoms in total. The third-order valence-corrected chi connectivity index (χ3v) is 10.3. The second-order valence-corrected chi connectivity index (χ2v) is 12.8. The van der Waals surface area contributed by atoms with Gasteiger partial charge in [0.25, 0.3) is 0 Å². The molecular weight excluding hydrogens is 567 g/mol. The molecule has 0 fully saturated rings. The number of furan rings is 1. The summed E-state index contributed by atoms with van der Waals surface area (Å²) < 4.78 is 11.6. The summed E-state index contributed by atoms with van der Waals surface area (Å²) in [5.41, 5.74) is 9.98. The van der Waals surface area contributed by atoms with E-state index in [-0.39, 0.29) is 0 Å². The number of aromatic nitrogens is 1. The van der Waals surface area contributed by atoms with Crippen LogP contribution in [0.2, 0.25) is 0 Å². The molecule has 0 spiro atoms. The number of rotatable bonds is 3. The Balaban J connectivity index is 1.18. The van der Waals surface area contributed by atoms with Gasteiger partial charge in [0.1, 0.15) is 11.1 Å². The molecule has 0 atom stereocenters. The van der Waals surface area contributed by atoms with E-state index in [1.54, 1.807) is 0 Å². The lowest BCUT2D eigenvalue weighted by Gasteiger charge is -2.10. The van der Waals surface area contributed by atoms with Crippen LogP contribution in [0, 0.1) is 0 Å². The molecule has 0 bridgehead atoms. The van der Waals surface area contributed by atoms with Crippen molar-refractivity contribution in [3.05, 3.63) is 152 Å². The SMILES string of the molecule is c1ccc(-n2c3ccccc3c3oc4cccc(-c5cccc(-c6ccc7c(c6)sc6ccc8ccccc8c67)c5)c4c32)cc1. The van der Waals surface area contributed by atoms with Crippen LogP contribution < -0.4 is 0 Å². The molecule has 0 aliphatic heterocycles. The maximum Gasteiger partial charge on any atom is 0.161 e. The van der Waals surface area contributed by atoms with Crippen molar-refractivity contribution in [3.8, 4) is 27.9 Å². The highest BCUT2D eigenvalue weighted by Crippen LogP contribution is 2.44. The van der Waals surface area contributed by atoms with Gasteiger partial charge in [0, 0.05) is 31.2 Å². The normalized spacial score (nSPS) is 12.0. The molecule has 45 heavy (non-hydrogen) atoms. The monoisotopic (exact) mass is 591 g/mol. The van der Waals surface area contributed by atoms with E-state index in [0.29, 0.717) is 0 Å². The van der Waals surface area contributed by atoms with Gasteiger partial charge in [-0.2, -0.15) is 0 Å². The largest absolute Gasteiger partial charge is 0.454 e. The van der Waals surface area contributed by atoms with E-state index >= 15 is 0 Å². The van der Waals surface area contributed by atoms with Gasteiger partial charge in [-0.15, -0.1) is 11.3 Å². The van der Waals surface area contributed by atoms with E-state index < -0.39 is 0 Å². The molecule has 0 saturated heterocycles. The van der Waals surface area contributed by atoms with Crippen molar-refractivity contribution in [2.75, 3.05) is 0 Å². The summed E-state index contributed by atoms with van der Waals surface area (Å²) in [6, 6.07) is 54.6. The van der Waals surface area contributed by atoms with Gasteiger partial charge in [0.2, 0.25) is 0 Å². The fraction of sp³-hybridized carbons (Fsp3) is 0. The van der Waals surface area contributed by atoms with E-state index in [2.05, 4.69) is 156 Å². The van der Waals surface area contributed by atoms with Crippen molar-refractivity contribution < 1.29 is 4.42 Å². The Morgan fingerprint density at radius 1 is 0.489 bits per heavy atom. The van der Waals surface area contributed by atoms with E-state index in [0.717, 1.165) is 38.7 Å². The molecule has 0 unspecified atom stereocenters. The summed E-state index contributed by atoms with van der Waals surface area (Å²) in [4.78, 5) is 0. The van der Waals surface area contributed by atoms with Gasteiger partial charge in [0.15, 0.2) is 5.58 Å². The van der Waals surface area contributed by atoms with Crippen LogP contribution >= 0.6 is 11.3 Å². The van der Waals surface area contributed by atoms with Crippen LogP contribution in [0.25, 0.3) is 91.9 Å². The highest BCUT2D eigenvalue weighted by atomic mass is 32.1. The van der Waals surface area contributed by atoms with Gasteiger partial charge in [-0.25, -0.2) is 0 Å². The number of thiophene rings is 1. The number of fused-ring (bicyclic) bond motifs is 10. The molecule has 0 N–H and O–H groups in total. The molecule has 10 aromatic rings. The van der Waals surface area contributed by atoms with Crippen LogP contribution in [0.4, 0.5) is 0 Å². The molecule has 0 aliphatic carbocycles. The van der Waals surface area contributed by atoms with Crippen molar-refractivity contribution in [2.24, 2.45) is 0 Å². The molecule has 210 valence electrons. The Bertz CT molecular complexity index is 2760. The van der Waals surface area contributed by atoms with Crippen molar-refractivity contribution in [1.29, 1.82) is 0 Å². The maximum absolute atomic E-state index is 6.63. The summed E-state index contributed by atoms with van der Waals surface area (Å²) in [7, 11) is 0. The Morgan fingerprint density at radius 3 is 2.20 bits per heavy atom. The third-order valence-electron chi connectivity index (χ3n) is 9.19. The van der Waals surface area contributed by atoms with Crippen molar-refractivity contribution in [1.82, 2.24) is 4.57 Å². The summed E-state index contributed by atoms with van der Waals surface area (Å²) in [5.74, 6) is 0. The number of hydrogen-bond donors (Lipinski definition) is 0. The first-order chi connectivity index (χ1) is 22.3. The molecule has 0 radical (unpaired) electrons. The van der Waals surface area contributed by atoms with Crippen LogP contribution in [0.1, 0.15) is 0 Å². The van der Waals surface area contributed by atoms with Crippen molar-refractivity contribution >= 4 is 75.3 Å². The smallest absolute Gasteiger partial charge is 0.161 e. The van der Waals surface area contributed by atoms with Gasteiger partial charge < -0.3 is 8.98 Å². The Hall–Kier alpha value is -5.64. The zero-order chi connectivity index (χ0) is 29.5. The molecule has 0 amide bonds. The van der Waals surface area contributed by atoms with Crippen LogP contribution in [0.15, 0.2) is 156 Å². The van der Waals surface area contributed by atoms with Gasteiger partial charge in [-0.1, -0.05) is 103 Å². The van der Waals surface area contributed by atoms with Crippen LogP contribution in [0.5, 0.6) is 0 Å². The zero-order valence-electron chi connectivity index (χ0n) is 24.2. The second kappa shape index (κ2) is 9.43. The number of benzene rings is 7. The minimum absolute atomic E-state index is 0.900. The van der Waals surface area contributed by atoms with Crippen molar-refractivity contribution in [2.45, 2.75) is 0 Å². The van der Waals surface area contributed by atoms with E-state index in [4.69, 9.17) is 4.42 Å². The lowest BCUT2D eigenvalue weighted by molar-refractivity contribution is 0.673. The second-order valence-electron chi connectivity index (χ2n) is 11.7. The molecular formula is C42H25NOS. The van der Waals surface area contributed by atoms with E-state index in [1.165, 1.54) is 53.2 Å². The third kappa shape index (κ3) is 3.62. The summed E-state index contributed by atoms with van der Waals surface area (Å²) in [6.07, 6.45) is 0. The van der Waals surface area contributed by atoms with Gasteiger partial charge in [-0.3, -0.25) is 0 Å². The maximum atomic E-state index is 6.63. The lowest BCUT2D eigenvalue weighted by Crippen LogP contribution is -1.93. The highest BCUT2D eigenvalue weighted by molar-refractivity contribution is 7.26. The summed E-state index contributed by atoms with van der Waals surface area (Å²) >= 11 is 1.88. The van der Waals surface area contributed by atoms with Crippen LogP contribution in [-0.2, 0) is 0 Å². The lowest BCUT2D eigenvalue weighted by atomic mass is 9.96. The first-order valence-electron chi connectivity index (χ1n) is 15.3. The number of hydrogen-bond acceptors (Lipinski definition) is 2. The number of para-hydroxylation sites is 2. The first kappa shape index (κ1) is 24.8. The predicted molar refractivity (Wildman–Crippen MR) is 192 cm³/mol.